The number of hydrogen-bond donors (Lipinski definition) is 0. The second kappa shape index (κ2) is 8.67. The van der Waals surface area contributed by atoms with Crippen molar-refractivity contribution in [2.75, 3.05) is 50.1 Å². The molecule has 0 aromatic carbocycles. The average Bonchev–Trinajstić information content (AvgIpc) is 3.13. The van der Waals surface area contributed by atoms with Crippen molar-refractivity contribution in [3.63, 3.8) is 0 Å². The van der Waals surface area contributed by atoms with Gasteiger partial charge in [0.2, 0.25) is 11.8 Å². The molecule has 0 N–H and O–H groups in total. The maximum atomic E-state index is 15.5. The molecule has 6 rings (SSSR count). The number of piperazine rings is 1. The molecule has 4 aliphatic heterocycles. The number of anilines is 2. The van der Waals surface area contributed by atoms with Crippen LogP contribution in [0.2, 0.25) is 5.15 Å². The molecule has 0 unspecified atom stereocenters. The number of amides is 1. The number of likely N-dealkylation sites (N-methyl/N-ethyl adjacent to an activating group) is 1. The van der Waals surface area contributed by atoms with Gasteiger partial charge in [0.1, 0.15) is 22.3 Å². The first kappa shape index (κ1) is 25.6. The fraction of sp³-hybridized carbons (Fsp3) is 0.692. The van der Waals surface area contributed by atoms with Crippen molar-refractivity contribution in [3.05, 3.63) is 11.0 Å². The number of ether oxygens (including phenoxy) is 2. The lowest BCUT2D eigenvalue weighted by Crippen LogP contribution is -2.67. The highest BCUT2D eigenvalue weighted by molar-refractivity contribution is 6.30. The zero-order chi connectivity index (χ0) is 27.1. The van der Waals surface area contributed by atoms with Crippen molar-refractivity contribution < 1.29 is 18.7 Å². The number of fused-ring (bicyclic) bond motifs is 5. The molecule has 0 radical (unpaired) electrons. The van der Waals surface area contributed by atoms with E-state index in [2.05, 4.69) is 45.7 Å². The van der Waals surface area contributed by atoms with Crippen LogP contribution in [0.1, 0.15) is 47.0 Å². The lowest BCUT2D eigenvalue weighted by molar-refractivity contribution is 0.00638. The van der Waals surface area contributed by atoms with E-state index in [0.717, 1.165) is 25.9 Å². The van der Waals surface area contributed by atoms with E-state index in [0.29, 0.717) is 36.7 Å². The van der Waals surface area contributed by atoms with Gasteiger partial charge in [0.25, 0.3) is 0 Å². The summed E-state index contributed by atoms with van der Waals surface area (Å²) in [5.41, 5.74) is -0.487. The van der Waals surface area contributed by atoms with E-state index >= 15 is 4.39 Å². The largest absolute Gasteiger partial charge is 0.477 e. The molecule has 1 amide bonds. The first-order valence-corrected chi connectivity index (χ1v) is 13.6. The Morgan fingerprint density at radius 2 is 1.89 bits per heavy atom. The minimum Gasteiger partial charge on any atom is -0.477 e. The van der Waals surface area contributed by atoms with Crippen LogP contribution >= 0.6 is 11.6 Å². The zero-order valence-electron chi connectivity index (χ0n) is 22.8. The molecule has 6 heterocycles. The van der Waals surface area contributed by atoms with Crippen molar-refractivity contribution in [2.24, 2.45) is 0 Å². The summed E-state index contributed by atoms with van der Waals surface area (Å²) in [4.78, 5) is 35.5. The van der Waals surface area contributed by atoms with E-state index < -0.39 is 11.4 Å². The first-order valence-electron chi connectivity index (χ1n) is 13.3. The number of hydrogen-bond acceptors (Lipinski definition) is 9. The highest BCUT2D eigenvalue weighted by Gasteiger charge is 2.51. The van der Waals surface area contributed by atoms with Crippen molar-refractivity contribution in [1.29, 1.82) is 0 Å². The molecule has 3 fully saturated rings. The number of pyridine rings is 1. The normalized spacial score (nSPS) is 26.0. The molecule has 206 valence electrons. The molecule has 10 nitrogen and oxygen atoms in total. The third kappa shape index (κ3) is 4.00. The molecule has 3 atom stereocenters. The van der Waals surface area contributed by atoms with Gasteiger partial charge < -0.3 is 24.2 Å². The lowest BCUT2D eigenvalue weighted by atomic mass is 9.91. The summed E-state index contributed by atoms with van der Waals surface area (Å²) in [6.07, 6.45) is 2.09. The summed E-state index contributed by atoms with van der Waals surface area (Å²) in [5.74, 6) is 0.615. The Labute approximate surface area is 227 Å². The van der Waals surface area contributed by atoms with Gasteiger partial charge in [0, 0.05) is 26.1 Å². The minimum atomic E-state index is -0.678. The first-order chi connectivity index (χ1) is 17.9. The molecule has 3 saturated heterocycles. The van der Waals surface area contributed by atoms with E-state index in [-0.39, 0.29) is 46.3 Å². The number of halogens is 2. The van der Waals surface area contributed by atoms with Gasteiger partial charge >= 0.3 is 6.09 Å². The third-order valence-electron chi connectivity index (χ3n) is 8.43. The molecular formula is C26H35ClFN7O3. The van der Waals surface area contributed by atoms with Gasteiger partial charge in [-0.2, -0.15) is 9.97 Å². The van der Waals surface area contributed by atoms with E-state index in [4.69, 9.17) is 26.1 Å². The monoisotopic (exact) mass is 547 g/mol. The van der Waals surface area contributed by atoms with Gasteiger partial charge in [0.15, 0.2) is 11.0 Å². The SMILES string of the molecule is CN(C)C1(C)CN(c2nc3c4c(nc(Cl)c(F)c4n2)OCC[C@@H]2[C@@H]4CC[C@H](CN32)N4C(=O)OC(C)(C)C)C1. The zero-order valence-corrected chi connectivity index (χ0v) is 23.5. The van der Waals surface area contributed by atoms with Crippen molar-refractivity contribution in [1.82, 2.24) is 24.8 Å². The van der Waals surface area contributed by atoms with Gasteiger partial charge in [-0.3, -0.25) is 4.90 Å². The Hall–Kier alpha value is -2.66. The van der Waals surface area contributed by atoms with Crippen LogP contribution in [0, 0.1) is 5.82 Å². The highest BCUT2D eigenvalue weighted by atomic mass is 35.5. The van der Waals surface area contributed by atoms with E-state index in [1.807, 2.05) is 25.7 Å². The Bertz CT molecular complexity index is 1300. The van der Waals surface area contributed by atoms with Crippen molar-refractivity contribution in [2.45, 2.75) is 76.2 Å². The fourth-order valence-electron chi connectivity index (χ4n) is 6.25. The quantitative estimate of drug-likeness (QED) is 0.522. The summed E-state index contributed by atoms with van der Waals surface area (Å²) in [6.45, 7) is 10.2. The van der Waals surface area contributed by atoms with Crippen LogP contribution in [0.4, 0.5) is 21.0 Å². The van der Waals surface area contributed by atoms with E-state index in [9.17, 15) is 4.79 Å². The van der Waals surface area contributed by atoms with Gasteiger partial charge in [0.05, 0.1) is 30.3 Å². The summed E-state index contributed by atoms with van der Waals surface area (Å²) in [7, 11) is 4.10. The smallest absolute Gasteiger partial charge is 0.410 e. The fourth-order valence-corrected chi connectivity index (χ4v) is 6.41. The van der Waals surface area contributed by atoms with Gasteiger partial charge in [-0.25, -0.2) is 14.2 Å². The van der Waals surface area contributed by atoms with Crippen molar-refractivity contribution in [3.8, 4) is 5.88 Å². The Balaban J connectivity index is 1.44. The molecule has 38 heavy (non-hydrogen) atoms. The highest BCUT2D eigenvalue weighted by Crippen LogP contribution is 2.45. The predicted molar refractivity (Wildman–Crippen MR) is 143 cm³/mol. The van der Waals surface area contributed by atoms with Crippen LogP contribution in [0.3, 0.4) is 0 Å². The molecule has 12 heteroatoms. The number of nitrogens with zero attached hydrogens (tertiary/aromatic N) is 7. The topological polar surface area (TPSA) is 87.2 Å². The molecule has 2 aromatic rings. The van der Waals surface area contributed by atoms with Crippen LogP contribution in [0.5, 0.6) is 5.88 Å². The molecule has 0 spiro atoms. The number of rotatable bonds is 2. The Morgan fingerprint density at radius 3 is 2.58 bits per heavy atom. The van der Waals surface area contributed by atoms with Gasteiger partial charge in [-0.15, -0.1) is 0 Å². The van der Waals surface area contributed by atoms with Crippen LogP contribution in [-0.2, 0) is 4.74 Å². The van der Waals surface area contributed by atoms with Crippen LogP contribution in [0.25, 0.3) is 10.9 Å². The van der Waals surface area contributed by atoms with E-state index in [1.54, 1.807) is 0 Å². The maximum Gasteiger partial charge on any atom is 0.410 e. The number of carbonyl (C=O) groups is 1. The second-order valence-electron chi connectivity index (χ2n) is 12.4. The maximum absolute atomic E-state index is 15.5. The summed E-state index contributed by atoms with van der Waals surface area (Å²) in [5, 5.41) is 0.165. The number of aromatic nitrogens is 3. The minimum absolute atomic E-state index is 0.0205. The average molecular weight is 548 g/mol. The number of carbonyl (C=O) groups excluding carboxylic acids is 1. The van der Waals surface area contributed by atoms with Crippen LogP contribution in [0.15, 0.2) is 0 Å². The Kier molecular flexibility index (Phi) is 5.85. The van der Waals surface area contributed by atoms with E-state index in [1.165, 1.54) is 0 Å². The Morgan fingerprint density at radius 1 is 1.16 bits per heavy atom. The summed E-state index contributed by atoms with van der Waals surface area (Å²) < 4.78 is 27.3. The molecule has 0 saturated carbocycles. The molecule has 0 aliphatic carbocycles. The lowest BCUT2D eigenvalue weighted by Gasteiger charge is -2.52. The molecule has 4 aliphatic rings. The molecule has 2 aromatic heterocycles. The van der Waals surface area contributed by atoms with Gasteiger partial charge in [-0.05, 0) is 54.6 Å². The third-order valence-corrected chi connectivity index (χ3v) is 8.68. The van der Waals surface area contributed by atoms with Gasteiger partial charge in [-0.1, -0.05) is 11.6 Å². The van der Waals surface area contributed by atoms with Crippen molar-refractivity contribution >= 4 is 40.4 Å². The second-order valence-corrected chi connectivity index (χ2v) is 12.7. The standard InChI is InChI=1S/C26H35ClFN7O3/c1-25(2,3)38-24(36)35-14-7-8-16(35)15-9-10-37-22-17-19(18(28)20(27)30-22)29-23(31-21(17)34(15)11-14)33-12-26(4,13-33)32(5)6/h14-16H,7-13H2,1-6H3/t14-,15-,16+/m1/s1. The van der Waals surface area contributed by atoms with Crippen LogP contribution in [-0.4, -0.2) is 100 Å². The molecular weight excluding hydrogens is 513 g/mol. The van der Waals surface area contributed by atoms with Crippen LogP contribution < -0.4 is 14.5 Å². The summed E-state index contributed by atoms with van der Waals surface area (Å²) >= 11 is 6.19. The molecule has 2 bridgehead atoms. The summed E-state index contributed by atoms with van der Waals surface area (Å²) in [6, 6.07) is -0.162. The predicted octanol–water partition coefficient (Wildman–Crippen LogP) is 3.70.